The first-order valence-electron chi connectivity index (χ1n) is 5.69. The minimum atomic E-state index is -0.420. The van der Waals surface area contributed by atoms with Gasteiger partial charge in [-0.15, -0.1) is 0 Å². The van der Waals surface area contributed by atoms with E-state index in [1.54, 1.807) is 24.3 Å². The summed E-state index contributed by atoms with van der Waals surface area (Å²) >= 11 is 0. The molecule has 3 heteroatoms. The van der Waals surface area contributed by atoms with Gasteiger partial charge < -0.3 is 10.8 Å². The normalized spacial score (nSPS) is 12.4. The van der Waals surface area contributed by atoms with Gasteiger partial charge in [-0.25, -0.2) is 0 Å². The number of unbranched alkanes of at least 4 members (excludes halogenated alkanes) is 1. The van der Waals surface area contributed by atoms with E-state index < -0.39 is 6.04 Å². The van der Waals surface area contributed by atoms with Crippen LogP contribution in [0.5, 0.6) is 5.75 Å². The zero-order valence-corrected chi connectivity index (χ0v) is 9.65. The van der Waals surface area contributed by atoms with E-state index in [4.69, 9.17) is 10.8 Å². The van der Waals surface area contributed by atoms with Crippen LogP contribution in [0, 0.1) is 0 Å². The zero-order chi connectivity index (χ0) is 12.0. The average Bonchev–Trinajstić information content (AvgIpc) is 2.29. The summed E-state index contributed by atoms with van der Waals surface area (Å²) in [4.78, 5) is 11.6. The lowest BCUT2D eigenvalue weighted by Crippen LogP contribution is -2.32. The molecule has 1 aromatic rings. The van der Waals surface area contributed by atoms with Crippen LogP contribution in [0.3, 0.4) is 0 Å². The highest BCUT2D eigenvalue weighted by Crippen LogP contribution is 2.11. The maximum atomic E-state index is 11.6. The molecule has 88 valence electrons. The minimum absolute atomic E-state index is 0.120. The number of Topliss-reactive ketones (excluding diaryl/α,β-unsaturated/α-hetero) is 1. The minimum Gasteiger partial charge on any atom is -0.508 e. The fourth-order valence-corrected chi connectivity index (χ4v) is 1.54. The number of phenols is 1. The zero-order valence-electron chi connectivity index (χ0n) is 9.65. The van der Waals surface area contributed by atoms with E-state index in [2.05, 4.69) is 6.92 Å². The first kappa shape index (κ1) is 12.7. The summed E-state index contributed by atoms with van der Waals surface area (Å²) in [7, 11) is 0. The van der Waals surface area contributed by atoms with Crippen molar-refractivity contribution in [3.8, 4) is 5.75 Å². The molecule has 1 rings (SSSR count). The number of nitrogens with two attached hydrogens (primary N) is 1. The Kier molecular flexibility index (Phi) is 4.99. The first-order valence-corrected chi connectivity index (χ1v) is 5.69. The Balaban J connectivity index is 2.47. The van der Waals surface area contributed by atoms with E-state index in [0.717, 1.165) is 18.4 Å². The summed E-state index contributed by atoms with van der Waals surface area (Å²) in [5.74, 6) is 0.351. The van der Waals surface area contributed by atoms with Crippen LogP contribution in [-0.2, 0) is 11.2 Å². The van der Waals surface area contributed by atoms with Gasteiger partial charge in [-0.2, -0.15) is 0 Å². The van der Waals surface area contributed by atoms with Crippen LogP contribution in [0.25, 0.3) is 0 Å². The van der Waals surface area contributed by atoms with E-state index in [1.807, 2.05) is 0 Å². The molecule has 0 unspecified atom stereocenters. The van der Waals surface area contributed by atoms with Crippen molar-refractivity contribution < 1.29 is 9.90 Å². The largest absolute Gasteiger partial charge is 0.508 e. The lowest BCUT2D eigenvalue weighted by Gasteiger charge is -2.10. The Morgan fingerprint density at radius 3 is 2.56 bits per heavy atom. The van der Waals surface area contributed by atoms with Crippen molar-refractivity contribution in [1.29, 1.82) is 0 Å². The van der Waals surface area contributed by atoms with Gasteiger partial charge in [-0.05, 0) is 30.5 Å². The van der Waals surface area contributed by atoms with Gasteiger partial charge in [0.2, 0.25) is 0 Å². The Morgan fingerprint density at radius 2 is 2.00 bits per heavy atom. The van der Waals surface area contributed by atoms with E-state index in [9.17, 15) is 4.79 Å². The second-order valence-corrected chi connectivity index (χ2v) is 4.05. The highest BCUT2D eigenvalue weighted by Gasteiger charge is 2.13. The van der Waals surface area contributed by atoms with Crippen molar-refractivity contribution in [3.05, 3.63) is 29.8 Å². The number of ketones is 1. The second-order valence-electron chi connectivity index (χ2n) is 4.05. The average molecular weight is 221 g/mol. The van der Waals surface area contributed by atoms with E-state index in [-0.39, 0.29) is 11.5 Å². The van der Waals surface area contributed by atoms with Crippen LogP contribution in [0.15, 0.2) is 24.3 Å². The van der Waals surface area contributed by atoms with Crippen LogP contribution in [0.4, 0.5) is 0 Å². The Bertz CT molecular complexity index is 332. The molecular weight excluding hydrogens is 202 g/mol. The molecule has 16 heavy (non-hydrogen) atoms. The maximum absolute atomic E-state index is 11.6. The van der Waals surface area contributed by atoms with Crippen molar-refractivity contribution in [2.45, 2.75) is 38.6 Å². The van der Waals surface area contributed by atoms with Crippen molar-refractivity contribution in [1.82, 2.24) is 0 Å². The van der Waals surface area contributed by atoms with Crippen LogP contribution in [0.1, 0.15) is 31.7 Å². The smallest absolute Gasteiger partial charge is 0.149 e. The third-order valence-electron chi connectivity index (χ3n) is 2.58. The molecule has 3 nitrogen and oxygen atoms in total. The summed E-state index contributed by atoms with van der Waals surface area (Å²) in [5.41, 5.74) is 6.80. The van der Waals surface area contributed by atoms with Crippen LogP contribution >= 0.6 is 0 Å². The molecule has 0 bridgehead atoms. The van der Waals surface area contributed by atoms with Crippen molar-refractivity contribution in [3.63, 3.8) is 0 Å². The number of carbonyl (C=O) groups is 1. The number of phenolic OH excluding ortho intramolecular Hbond substituents is 1. The van der Waals surface area contributed by atoms with Gasteiger partial charge in [0.15, 0.2) is 0 Å². The van der Waals surface area contributed by atoms with E-state index in [0.29, 0.717) is 12.8 Å². The lowest BCUT2D eigenvalue weighted by molar-refractivity contribution is -0.120. The molecule has 0 aliphatic carbocycles. The predicted octanol–water partition coefficient (Wildman–Crippen LogP) is 2.02. The number of rotatable bonds is 6. The Labute approximate surface area is 96.3 Å². The molecule has 3 N–H and O–H groups in total. The third-order valence-corrected chi connectivity index (χ3v) is 2.58. The molecular formula is C13H19NO2. The molecule has 0 spiro atoms. The maximum Gasteiger partial charge on any atom is 0.149 e. The Hall–Kier alpha value is -1.35. The fourth-order valence-electron chi connectivity index (χ4n) is 1.54. The third kappa shape index (κ3) is 4.03. The molecule has 0 heterocycles. The molecule has 0 fully saturated rings. The molecule has 0 radical (unpaired) electrons. The van der Waals surface area contributed by atoms with Gasteiger partial charge in [-0.1, -0.05) is 25.5 Å². The number of carbonyl (C=O) groups excluding carboxylic acids is 1. The monoisotopic (exact) mass is 221 g/mol. The van der Waals surface area contributed by atoms with E-state index >= 15 is 0 Å². The molecule has 0 saturated carbocycles. The van der Waals surface area contributed by atoms with Crippen molar-refractivity contribution in [2.24, 2.45) is 5.73 Å². The van der Waals surface area contributed by atoms with Crippen molar-refractivity contribution >= 4 is 5.78 Å². The summed E-state index contributed by atoms with van der Waals surface area (Å²) in [6.07, 6.45) is 3.03. The summed E-state index contributed by atoms with van der Waals surface area (Å²) in [5, 5.41) is 9.12. The van der Waals surface area contributed by atoms with Gasteiger partial charge in [0.1, 0.15) is 11.5 Å². The summed E-state index contributed by atoms with van der Waals surface area (Å²) < 4.78 is 0. The van der Waals surface area contributed by atoms with Crippen LogP contribution < -0.4 is 5.73 Å². The number of hydrogen-bond donors (Lipinski definition) is 2. The molecule has 0 saturated heterocycles. The molecule has 0 amide bonds. The number of hydrogen-bond acceptors (Lipinski definition) is 3. The Morgan fingerprint density at radius 1 is 1.38 bits per heavy atom. The number of benzene rings is 1. The van der Waals surface area contributed by atoms with E-state index in [1.165, 1.54) is 0 Å². The summed E-state index contributed by atoms with van der Waals surface area (Å²) in [6.45, 7) is 2.05. The van der Waals surface area contributed by atoms with Gasteiger partial charge in [-0.3, -0.25) is 4.79 Å². The molecule has 0 aliphatic heterocycles. The molecule has 0 aliphatic rings. The first-order chi connectivity index (χ1) is 7.63. The molecule has 1 aromatic carbocycles. The standard InChI is InChI=1S/C13H19NO2/c1-2-3-4-13(16)12(14)9-10-5-7-11(15)8-6-10/h5-8,12,15H,2-4,9,14H2,1H3/t12-/m0/s1. The number of aromatic hydroxyl groups is 1. The van der Waals surface area contributed by atoms with Crippen LogP contribution in [-0.4, -0.2) is 16.9 Å². The quantitative estimate of drug-likeness (QED) is 0.772. The molecule has 1 atom stereocenters. The SMILES string of the molecule is CCCCC(=O)[C@@H](N)Cc1ccc(O)cc1. The summed E-state index contributed by atoms with van der Waals surface area (Å²) in [6, 6.07) is 6.39. The van der Waals surface area contributed by atoms with Gasteiger partial charge >= 0.3 is 0 Å². The fraction of sp³-hybridized carbons (Fsp3) is 0.462. The highest BCUT2D eigenvalue weighted by molar-refractivity contribution is 5.84. The lowest BCUT2D eigenvalue weighted by atomic mass is 10.00. The van der Waals surface area contributed by atoms with Crippen molar-refractivity contribution in [2.75, 3.05) is 0 Å². The van der Waals surface area contributed by atoms with Gasteiger partial charge in [0, 0.05) is 6.42 Å². The second kappa shape index (κ2) is 6.28. The highest BCUT2D eigenvalue weighted by atomic mass is 16.3. The predicted molar refractivity (Wildman–Crippen MR) is 64.3 cm³/mol. The molecule has 0 aromatic heterocycles. The van der Waals surface area contributed by atoms with Gasteiger partial charge in [0.25, 0.3) is 0 Å². The van der Waals surface area contributed by atoms with Crippen LogP contribution in [0.2, 0.25) is 0 Å². The van der Waals surface area contributed by atoms with Gasteiger partial charge in [0.05, 0.1) is 6.04 Å². The topological polar surface area (TPSA) is 63.3 Å².